The summed E-state index contributed by atoms with van der Waals surface area (Å²) in [6, 6.07) is 6.78. The van der Waals surface area contributed by atoms with Gasteiger partial charge in [0.2, 0.25) is 0 Å². The molecule has 82 valence electrons. The lowest BCUT2D eigenvalue weighted by molar-refractivity contribution is 0.189. The monoisotopic (exact) mass is 228 g/mol. The second kappa shape index (κ2) is 5.58. The van der Waals surface area contributed by atoms with Crippen molar-refractivity contribution in [1.29, 1.82) is 0 Å². The van der Waals surface area contributed by atoms with Gasteiger partial charge in [-0.15, -0.1) is 0 Å². The summed E-state index contributed by atoms with van der Waals surface area (Å²) in [5, 5.41) is 11.6. The van der Waals surface area contributed by atoms with Crippen LogP contribution in [0.15, 0.2) is 24.3 Å². The summed E-state index contributed by atoms with van der Waals surface area (Å²) in [7, 11) is 0. The maximum Gasteiger partial charge on any atom is 0.405 e. The minimum Gasteiger partial charge on any atom is -0.465 e. The van der Waals surface area contributed by atoms with Crippen molar-refractivity contribution in [3.05, 3.63) is 34.9 Å². The molecular formula is C10H13ClN2O2. The van der Waals surface area contributed by atoms with E-state index in [1.54, 1.807) is 18.2 Å². The smallest absolute Gasteiger partial charge is 0.405 e. The zero-order valence-electron chi connectivity index (χ0n) is 8.11. The van der Waals surface area contributed by atoms with Gasteiger partial charge in [-0.05, 0) is 30.7 Å². The summed E-state index contributed by atoms with van der Waals surface area (Å²) in [6.07, 6.45) is -0.513. The minimum atomic E-state index is -1.06. The van der Waals surface area contributed by atoms with E-state index in [0.29, 0.717) is 18.0 Å². The maximum absolute atomic E-state index is 10.6. The molecular weight excluding hydrogens is 216 g/mol. The average molecular weight is 229 g/mol. The van der Waals surface area contributed by atoms with Gasteiger partial charge in [0.15, 0.2) is 0 Å². The van der Waals surface area contributed by atoms with Gasteiger partial charge in [0, 0.05) is 5.02 Å². The Labute approximate surface area is 93.0 Å². The Morgan fingerprint density at radius 3 is 2.87 bits per heavy atom. The predicted octanol–water partition coefficient (Wildman–Crippen LogP) is 2.00. The Morgan fingerprint density at radius 1 is 1.60 bits per heavy atom. The fourth-order valence-electron chi connectivity index (χ4n) is 1.36. The molecule has 0 aliphatic rings. The molecule has 4 nitrogen and oxygen atoms in total. The molecule has 0 saturated carbocycles. The third kappa shape index (κ3) is 3.77. The molecule has 1 aromatic carbocycles. The van der Waals surface area contributed by atoms with Gasteiger partial charge in [-0.3, -0.25) is 0 Å². The van der Waals surface area contributed by atoms with Gasteiger partial charge < -0.3 is 16.2 Å². The molecule has 1 aromatic rings. The Balaban J connectivity index is 2.83. The molecule has 0 bridgehead atoms. The fourth-order valence-corrected chi connectivity index (χ4v) is 1.56. The van der Waals surface area contributed by atoms with Crippen molar-refractivity contribution in [1.82, 2.24) is 5.32 Å². The number of rotatable bonds is 4. The van der Waals surface area contributed by atoms with Gasteiger partial charge in [-0.1, -0.05) is 23.7 Å². The lowest BCUT2D eigenvalue weighted by Gasteiger charge is -2.16. The summed E-state index contributed by atoms with van der Waals surface area (Å²) >= 11 is 5.82. The largest absolute Gasteiger partial charge is 0.465 e. The van der Waals surface area contributed by atoms with Crippen molar-refractivity contribution in [2.24, 2.45) is 5.73 Å². The third-order valence-corrected chi connectivity index (χ3v) is 2.24. The summed E-state index contributed by atoms with van der Waals surface area (Å²) < 4.78 is 0. The van der Waals surface area contributed by atoms with E-state index in [2.05, 4.69) is 5.32 Å². The van der Waals surface area contributed by atoms with E-state index in [4.69, 9.17) is 22.4 Å². The number of carboxylic acid groups (broad SMARTS) is 1. The van der Waals surface area contributed by atoms with Crippen LogP contribution in [0.25, 0.3) is 0 Å². The Morgan fingerprint density at radius 2 is 2.33 bits per heavy atom. The number of carbonyl (C=O) groups is 1. The van der Waals surface area contributed by atoms with E-state index in [-0.39, 0.29) is 6.04 Å². The maximum atomic E-state index is 10.6. The number of halogens is 1. The zero-order valence-corrected chi connectivity index (χ0v) is 8.87. The van der Waals surface area contributed by atoms with Crippen molar-refractivity contribution >= 4 is 17.7 Å². The first-order chi connectivity index (χ1) is 7.13. The SMILES string of the molecule is NCCC(NC(=O)O)c1cccc(Cl)c1. The second-order valence-corrected chi connectivity index (χ2v) is 3.57. The molecule has 0 fully saturated rings. The lowest BCUT2D eigenvalue weighted by atomic mass is 10.0. The Hall–Kier alpha value is -1.26. The number of hydrogen-bond donors (Lipinski definition) is 3. The molecule has 0 aliphatic carbocycles. The van der Waals surface area contributed by atoms with E-state index >= 15 is 0 Å². The first-order valence-electron chi connectivity index (χ1n) is 4.58. The molecule has 0 aromatic heterocycles. The number of nitrogens with two attached hydrogens (primary N) is 1. The van der Waals surface area contributed by atoms with E-state index in [1.807, 2.05) is 6.07 Å². The van der Waals surface area contributed by atoms with Crippen LogP contribution in [0.1, 0.15) is 18.0 Å². The molecule has 1 rings (SSSR count). The third-order valence-electron chi connectivity index (χ3n) is 2.00. The topological polar surface area (TPSA) is 75.3 Å². The number of amides is 1. The summed E-state index contributed by atoms with van der Waals surface area (Å²) in [4.78, 5) is 10.6. The molecule has 5 heteroatoms. The molecule has 0 heterocycles. The van der Waals surface area contributed by atoms with Crippen LogP contribution >= 0.6 is 11.6 Å². The van der Waals surface area contributed by atoms with Crippen LogP contribution in [0.4, 0.5) is 4.79 Å². The summed E-state index contributed by atoms with van der Waals surface area (Å²) in [6.45, 7) is 0.414. The van der Waals surface area contributed by atoms with Crippen molar-refractivity contribution in [3.8, 4) is 0 Å². The fraction of sp³-hybridized carbons (Fsp3) is 0.300. The average Bonchev–Trinajstić information content (AvgIpc) is 2.16. The van der Waals surface area contributed by atoms with Crippen molar-refractivity contribution < 1.29 is 9.90 Å². The van der Waals surface area contributed by atoms with Gasteiger partial charge in [-0.2, -0.15) is 0 Å². The zero-order chi connectivity index (χ0) is 11.3. The molecule has 1 unspecified atom stereocenters. The van der Waals surface area contributed by atoms with Crippen LogP contribution in [0.3, 0.4) is 0 Å². The molecule has 4 N–H and O–H groups in total. The quantitative estimate of drug-likeness (QED) is 0.738. The second-order valence-electron chi connectivity index (χ2n) is 3.13. The van der Waals surface area contributed by atoms with E-state index < -0.39 is 6.09 Å². The Kier molecular flexibility index (Phi) is 4.39. The summed E-state index contributed by atoms with van der Waals surface area (Å²) in [5.41, 5.74) is 6.24. The van der Waals surface area contributed by atoms with Gasteiger partial charge in [-0.25, -0.2) is 4.79 Å². The first-order valence-corrected chi connectivity index (χ1v) is 4.96. The van der Waals surface area contributed by atoms with Crippen molar-refractivity contribution in [3.63, 3.8) is 0 Å². The van der Waals surface area contributed by atoms with Crippen LogP contribution in [0, 0.1) is 0 Å². The number of benzene rings is 1. The van der Waals surface area contributed by atoms with E-state index in [1.165, 1.54) is 0 Å². The lowest BCUT2D eigenvalue weighted by Crippen LogP contribution is -2.28. The van der Waals surface area contributed by atoms with Gasteiger partial charge in [0.1, 0.15) is 0 Å². The molecule has 15 heavy (non-hydrogen) atoms. The predicted molar refractivity (Wildman–Crippen MR) is 59.0 cm³/mol. The van der Waals surface area contributed by atoms with E-state index in [9.17, 15) is 4.79 Å². The van der Waals surface area contributed by atoms with Crippen LogP contribution in [0.2, 0.25) is 5.02 Å². The highest BCUT2D eigenvalue weighted by Gasteiger charge is 2.12. The number of nitrogens with one attached hydrogen (secondary N) is 1. The molecule has 0 spiro atoms. The van der Waals surface area contributed by atoms with Crippen LogP contribution in [-0.4, -0.2) is 17.7 Å². The highest BCUT2D eigenvalue weighted by molar-refractivity contribution is 6.30. The Bertz CT molecular complexity index is 344. The minimum absolute atomic E-state index is 0.300. The van der Waals surface area contributed by atoms with Gasteiger partial charge >= 0.3 is 6.09 Å². The molecule has 0 radical (unpaired) electrons. The summed E-state index contributed by atoms with van der Waals surface area (Å²) in [5.74, 6) is 0. The van der Waals surface area contributed by atoms with Crippen LogP contribution in [-0.2, 0) is 0 Å². The van der Waals surface area contributed by atoms with E-state index in [0.717, 1.165) is 5.56 Å². The first kappa shape index (κ1) is 11.8. The van der Waals surface area contributed by atoms with Gasteiger partial charge in [0.25, 0.3) is 0 Å². The molecule has 1 atom stereocenters. The number of hydrogen-bond acceptors (Lipinski definition) is 2. The van der Waals surface area contributed by atoms with Crippen LogP contribution < -0.4 is 11.1 Å². The highest BCUT2D eigenvalue weighted by atomic mass is 35.5. The highest BCUT2D eigenvalue weighted by Crippen LogP contribution is 2.19. The standard InChI is InChI=1S/C10H13ClN2O2/c11-8-3-1-2-7(6-8)9(4-5-12)13-10(14)15/h1-3,6,9,13H,4-5,12H2,(H,14,15). The molecule has 0 aliphatic heterocycles. The normalized spacial score (nSPS) is 12.1. The molecule has 0 saturated heterocycles. The van der Waals surface area contributed by atoms with Gasteiger partial charge in [0.05, 0.1) is 6.04 Å². The van der Waals surface area contributed by atoms with Crippen molar-refractivity contribution in [2.45, 2.75) is 12.5 Å². The molecule has 1 amide bonds. The van der Waals surface area contributed by atoms with Crippen molar-refractivity contribution in [2.75, 3.05) is 6.54 Å². The van der Waals surface area contributed by atoms with Crippen LogP contribution in [0.5, 0.6) is 0 Å².